The quantitative estimate of drug-likeness (QED) is 0.922. The van der Waals surface area contributed by atoms with Crippen molar-refractivity contribution in [2.45, 2.75) is 19.9 Å². The lowest BCUT2D eigenvalue weighted by atomic mass is 10.1. The summed E-state index contributed by atoms with van der Waals surface area (Å²) >= 11 is 0. The van der Waals surface area contributed by atoms with Gasteiger partial charge in [0.05, 0.1) is 23.6 Å². The average molecular weight is 273 g/mol. The lowest BCUT2D eigenvalue weighted by molar-refractivity contribution is -0.125. The highest BCUT2D eigenvalue weighted by molar-refractivity contribution is 5.79. The van der Waals surface area contributed by atoms with Crippen LogP contribution in [0.2, 0.25) is 0 Å². The van der Waals surface area contributed by atoms with Gasteiger partial charge in [0.2, 0.25) is 5.91 Å². The molecule has 0 spiro atoms. The van der Waals surface area contributed by atoms with Gasteiger partial charge in [-0.15, -0.1) is 0 Å². The number of nitrogens with one attached hydrogen (secondary N) is 1. The van der Waals surface area contributed by atoms with Crippen LogP contribution in [0, 0.1) is 12.8 Å². The van der Waals surface area contributed by atoms with Gasteiger partial charge in [-0.05, 0) is 31.0 Å². The van der Waals surface area contributed by atoms with Crippen molar-refractivity contribution >= 4 is 16.9 Å². The molecule has 106 valence electrons. The number of nitrogens with zero attached hydrogens (tertiary/aromatic N) is 2. The molecule has 0 radical (unpaired) electrons. The average Bonchev–Trinajstić information content (AvgIpc) is 3.06. The van der Waals surface area contributed by atoms with Crippen LogP contribution >= 0.6 is 0 Å². The van der Waals surface area contributed by atoms with E-state index in [4.69, 9.17) is 4.74 Å². The number of hydrogen-bond donors (Lipinski definition) is 1. The summed E-state index contributed by atoms with van der Waals surface area (Å²) in [6, 6.07) is 6.12. The second kappa shape index (κ2) is 5.25. The van der Waals surface area contributed by atoms with E-state index in [1.165, 1.54) is 0 Å². The van der Waals surface area contributed by atoms with Crippen LogP contribution in [0.5, 0.6) is 0 Å². The first-order chi connectivity index (χ1) is 9.65. The van der Waals surface area contributed by atoms with Crippen LogP contribution in [0.15, 0.2) is 18.2 Å². The molecule has 0 bridgehead atoms. The molecule has 1 unspecified atom stereocenters. The summed E-state index contributed by atoms with van der Waals surface area (Å²) < 4.78 is 7.29. The zero-order chi connectivity index (χ0) is 14.1. The maximum Gasteiger partial charge on any atom is 0.225 e. The van der Waals surface area contributed by atoms with E-state index >= 15 is 0 Å². The van der Waals surface area contributed by atoms with Crippen molar-refractivity contribution in [2.75, 3.05) is 13.2 Å². The van der Waals surface area contributed by atoms with E-state index in [0.717, 1.165) is 28.8 Å². The molecule has 3 rings (SSSR count). The third kappa shape index (κ3) is 2.41. The SMILES string of the molecule is Cc1nc2cc(CNC(=O)C3CCOC3)ccc2n1C. The predicted octanol–water partition coefficient (Wildman–Crippen LogP) is 1.53. The minimum Gasteiger partial charge on any atom is -0.381 e. The summed E-state index contributed by atoms with van der Waals surface area (Å²) in [5.41, 5.74) is 3.16. The molecule has 1 aromatic heterocycles. The van der Waals surface area contributed by atoms with Crippen molar-refractivity contribution in [1.82, 2.24) is 14.9 Å². The zero-order valence-electron chi connectivity index (χ0n) is 11.8. The maximum atomic E-state index is 11.9. The molecule has 2 aromatic rings. The van der Waals surface area contributed by atoms with Crippen molar-refractivity contribution < 1.29 is 9.53 Å². The van der Waals surface area contributed by atoms with Gasteiger partial charge in [0.15, 0.2) is 0 Å². The van der Waals surface area contributed by atoms with E-state index in [1.54, 1.807) is 0 Å². The van der Waals surface area contributed by atoms with Crippen LogP contribution < -0.4 is 5.32 Å². The van der Waals surface area contributed by atoms with Gasteiger partial charge in [-0.3, -0.25) is 4.79 Å². The second-order valence-corrected chi connectivity index (χ2v) is 5.32. The van der Waals surface area contributed by atoms with E-state index in [9.17, 15) is 4.79 Å². The Bertz CT molecular complexity index is 642. The van der Waals surface area contributed by atoms with Crippen LogP contribution in [0.4, 0.5) is 0 Å². The van der Waals surface area contributed by atoms with E-state index in [2.05, 4.69) is 20.9 Å². The number of imidazole rings is 1. The third-order valence-corrected chi connectivity index (χ3v) is 3.94. The van der Waals surface area contributed by atoms with Crippen LogP contribution in [0.25, 0.3) is 11.0 Å². The van der Waals surface area contributed by atoms with Gasteiger partial charge in [0, 0.05) is 20.2 Å². The number of amides is 1. The first kappa shape index (κ1) is 13.1. The molecule has 20 heavy (non-hydrogen) atoms. The minimum absolute atomic E-state index is 0.0100. The summed E-state index contributed by atoms with van der Waals surface area (Å²) in [5.74, 6) is 1.08. The van der Waals surface area contributed by atoms with Crippen molar-refractivity contribution in [1.29, 1.82) is 0 Å². The summed E-state index contributed by atoms with van der Waals surface area (Å²) in [5, 5.41) is 2.97. The number of fused-ring (bicyclic) bond motifs is 1. The molecule has 1 aliphatic rings. The van der Waals surface area contributed by atoms with Gasteiger partial charge in [0.1, 0.15) is 5.82 Å². The van der Waals surface area contributed by atoms with Crippen molar-refractivity contribution in [2.24, 2.45) is 13.0 Å². The molecule has 0 aliphatic carbocycles. The number of hydrogen-bond acceptors (Lipinski definition) is 3. The highest BCUT2D eigenvalue weighted by Gasteiger charge is 2.22. The van der Waals surface area contributed by atoms with Gasteiger partial charge in [-0.25, -0.2) is 4.98 Å². The zero-order valence-corrected chi connectivity index (χ0v) is 11.8. The number of aryl methyl sites for hydroxylation is 2. The van der Waals surface area contributed by atoms with Crippen LogP contribution in [0.1, 0.15) is 17.8 Å². The molecular formula is C15H19N3O2. The fourth-order valence-corrected chi connectivity index (χ4v) is 2.55. The van der Waals surface area contributed by atoms with Gasteiger partial charge in [0.25, 0.3) is 0 Å². The lowest BCUT2D eigenvalue weighted by Gasteiger charge is -2.09. The van der Waals surface area contributed by atoms with Crippen LogP contribution in [-0.2, 0) is 23.1 Å². The number of benzene rings is 1. The Morgan fingerprint density at radius 2 is 2.40 bits per heavy atom. The Labute approximate surface area is 117 Å². The molecule has 5 nitrogen and oxygen atoms in total. The van der Waals surface area contributed by atoms with Crippen molar-refractivity contribution in [3.63, 3.8) is 0 Å². The first-order valence-electron chi connectivity index (χ1n) is 6.92. The Kier molecular flexibility index (Phi) is 3.44. The summed E-state index contributed by atoms with van der Waals surface area (Å²) in [4.78, 5) is 16.4. The first-order valence-corrected chi connectivity index (χ1v) is 6.92. The summed E-state index contributed by atoms with van der Waals surface area (Å²) in [6.07, 6.45) is 0.824. The van der Waals surface area contributed by atoms with Crippen molar-refractivity contribution in [3.8, 4) is 0 Å². The maximum absolute atomic E-state index is 11.9. The molecule has 0 saturated carbocycles. The van der Waals surface area contributed by atoms with E-state index in [0.29, 0.717) is 19.8 Å². The fraction of sp³-hybridized carbons (Fsp3) is 0.467. The molecule has 1 atom stereocenters. The molecular weight excluding hydrogens is 254 g/mol. The number of carbonyl (C=O) groups excluding carboxylic acids is 1. The van der Waals surface area contributed by atoms with Crippen LogP contribution in [-0.4, -0.2) is 28.7 Å². The lowest BCUT2D eigenvalue weighted by Crippen LogP contribution is -2.30. The van der Waals surface area contributed by atoms with E-state index in [-0.39, 0.29) is 11.8 Å². The van der Waals surface area contributed by atoms with Gasteiger partial charge < -0.3 is 14.6 Å². The van der Waals surface area contributed by atoms with Gasteiger partial charge in [-0.1, -0.05) is 6.07 Å². The molecule has 1 aliphatic heterocycles. The summed E-state index contributed by atoms with van der Waals surface area (Å²) in [6.45, 7) is 3.77. The molecule has 1 fully saturated rings. The Hall–Kier alpha value is -1.88. The number of carbonyl (C=O) groups is 1. The smallest absolute Gasteiger partial charge is 0.225 e. The monoisotopic (exact) mass is 273 g/mol. The standard InChI is InChI=1S/C15H19N3O2/c1-10-17-13-7-11(3-4-14(13)18(10)2)8-16-15(19)12-5-6-20-9-12/h3-4,7,12H,5-6,8-9H2,1-2H3,(H,16,19). The third-order valence-electron chi connectivity index (χ3n) is 3.94. The topological polar surface area (TPSA) is 56.1 Å². The molecule has 2 heterocycles. The fourth-order valence-electron chi connectivity index (χ4n) is 2.55. The Morgan fingerprint density at radius 3 is 3.15 bits per heavy atom. The molecule has 1 saturated heterocycles. The normalized spacial score (nSPS) is 18.6. The number of aromatic nitrogens is 2. The highest BCUT2D eigenvalue weighted by Crippen LogP contribution is 2.17. The number of rotatable bonds is 3. The summed E-state index contributed by atoms with van der Waals surface area (Å²) in [7, 11) is 2.01. The largest absolute Gasteiger partial charge is 0.381 e. The minimum atomic E-state index is 0.0100. The van der Waals surface area contributed by atoms with Crippen LogP contribution in [0.3, 0.4) is 0 Å². The van der Waals surface area contributed by atoms with Gasteiger partial charge >= 0.3 is 0 Å². The highest BCUT2D eigenvalue weighted by atomic mass is 16.5. The second-order valence-electron chi connectivity index (χ2n) is 5.32. The Morgan fingerprint density at radius 1 is 1.55 bits per heavy atom. The molecule has 5 heteroatoms. The molecule has 1 aromatic carbocycles. The molecule has 1 N–H and O–H groups in total. The van der Waals surface area contributed by atoms with Crippen molar-refractivity contribution in [3.05, 3.63) is 29.6 Å². The molecule has 1 amide bonds. The van der Waals surface area contributed by atoms with Gasteiger partial charge in [-0.2, -0.15) is 0 Å². The van der Waals surface area contributed by atoms with E-state index < -0.39 is 0 Å². The van der Waals surface area contributed by atoms with E-state index in [1.807, 2.05) is 26.1 Å². The Balaban J connectivity index is 1.69. The number of ether oxygens (including phenoxy) is 1. The predicted molar refractivity (Wildman–Crippen MR) is 76.2 cm³/mol.